The van der Waals surface area contributed by atoms with Gasteiger partial charge in [0.2, 0.25) is 0 Å². The lowest BCUT2D eigenvalue weighted by atomic mass is 9.84. The van der Waals surface area contributed by atoms with Gasteiger partial charge >= 0.3 is 0 Å². The number of nitrogens with zero attached hydrogens (tertiary/aromatic N) is 2. The van der Waals surface area contributed by atoms with Crippen LogP contribution in [0.4, 0.5) is 0 Å². The summed E-state index contributed by atoms with van der Waals surface area (Å²) in [6.45, 7) is 4.40. The quantitative estimate of drug-likeness (QED) is 0.528. The van der Waals surface area contributed by atoms with Crippen molar-refractivity contribution in [2.45, 2.75) is 78.1 Å². The molecule has 1 atom stereocenters. The summed E-state index contributed by atoms with van der Waals surface area (Å²) in [4.78, 5) is 9.51. The Bertz CT molecular complexity index is 660. The first-order valence-corrected chi connectivity index (χ1v) is 10.2. The molecule has 25 heavy (non-hydrogen) atoms. The molecule has 0 N–H and O–H groups in total. The predicted octanol–water partition coefficient (Wildman–Crippen LogP) is 6.31. The Labute approximate surface area is 153 Å². The molecular weight excluding hydrogens is 304 g/mol. The minimum absolute atomic E-state index is 0.840. The van der Waals surface area contributed by atoms with Crippen LogP contribution in [0.2, 0.25) is 0 Å². The Balaban J connectivity index is 1.53. The van der Waals surface area contributed by atoms with Crippen molar-refractivity contribution in [2.24, 2.45) is 5.92 Å². The van der Waals surface area contributed by atoms with Crippen LogP contribution in [-0.4, -0.2) is 9.97 Å². The van der Waals surface area contributed by atoms with Crippen molar-refractivity contribution in [3.8, 4) is 11.4 Å². The van der Waals surface area contributed by atoms with Gasteiger partial charge < -0.3 is 0 Å². The molecule has 1 aliphatic rings. The number of benzene rings is 1. The van der Waals surface area contributed by atoms with E-state index in [1.165, 1.54) is 74.6 Å². The van der Waals surface area contributed by atoms with Gasteiger partial charge in [-0.25, -0.2) is 9.97 Å². The highest BCUT2D eigenvalue weighted by atomic mass is 14.9. The predicted molar refractivity (Wildman–Crippen MR) is 106 cm³/mol. The van der Waals surface area contributed by atoms with E-state index < -0.39 is 0 Å². The molecule has 0 fully saturated rings. The minimum atomic E-state index is 0.840. The zero-order valence-corrected chi connectivity index (χ0v) is 15.9. The van der Waals surface area contributed by atoms with Crippen LogP contribution < -0.4 is 0 Å². The van der Waals surface area contributed by atoms with E-state index in [2.05, 4.69) is 49.3 Å². The zero-order chi connectivity index (χ0) is 17.5. The first-order valence-electron chi connectivity index (χ1n) is 10.2. The Kier molecular flexibility index (Phi) is 6.61. The number of hydrogen-bond donors (Lipinski definition) is 0. The maximum atomic E-state index is 4.87. The van der Waals surface area contributed by atoms with E-state index in [-0.39, 0.29) is 0 Å². The van der Waals surface area contributed by atoms with E-state index in [1.54, 1.807) is 0 Å². The molecule has 2 nitrogen and oxygen atoms in total. The van der Waals surface area contributed by atoms with Crippen molar-refractivity contribution in [1.29, 1.82) is 0 Å². The van der Waals surface area contributed by atoms with Gasteiger partial charge in [0.05, 0.1) is 0 Å². The van der Waals surface area contributed by atoms with E-state index in [4.69, 9.17) is 4.98 Å². The van der Waals surface area contributed by atoms with Crippen LogP contribution in [0.25, 0.3) is 11.4 Å². The van der Waals surface area contributed by atoms with Gasteiger partial charge in [-0.05, 0) is 37.7 Å². The Hall–Kier alpha value is -1.70. The van der Waals surface area contributed by atoms with E-state index in [9.17, 15) is 0 Å². The number of fused-ring (bicyclic) bond motifs is 1. The Morgan fingerprint density at radius 2 is 1.76 bits per heavy atom. The number of unbranched alkanes of at least 4 members (excludes halogenated alkanes) is 5. The molecule has 1 heterocycles. The molecule has 1 unspecified atom stereocenters. The smallest absolute Gasteiger partial charge is 0.159 e. The highest BCUT2D eigenvalue weighted by Crippen LogP contribution is 2.29. The lowest BCUT2D eigenvalue weighted by Gasteiger charge is -2.24. The summed E-state index contributed by atoms with van der Waals surface area (Å²) in [5.41, 5.74) is 5.07. The number of rotatable bonds is 8. The monoisotopic (exact) mass is 336 g/mol. The SMILES string of the molecule is CCCCCCCCC1CCc2nc(-c3ccc(C)cc3)ncc2C1. The molecule has 134 valence electrons. The number of aromatic nitrogens is 2. The third-order valence-corrected chi connectivity index (χ3v) is 5.53. The van der Waals surface area contributed by atoms with Gasteiger partial charge in [-0.15, -0.1) is 0 Å². The van der Waals surface area contributed by atoms with Crippen molar-refractivity contribution in [1.82, 2.24) is 9.97 Å². The molecule has 0 amide bonds. The molecule has 1 aromatic heterocycles. The highest BCUT2D eigenvalue weighted by molar-refractivity contribution is 5.55. The minimum Gasteiger partial charge on any atom is -0.236 e. The van der Waals surface area contributed by atoms with E-state index in [0.29, 0.717) is 0 Å². The summed E-state index contributed by atoms with van der Waals surface area (Å²) in [7, 11) is 0. The third-order valence-electron chi connectivity index (χ3n) is 5.53. The van der Waals surface area contributed by atoms with Gasteiger partial charge in [-0.3, -0.25) is 0 Å². The highest BCUT2D eigenvalue weighted by Gasteiger charge is 2.20. The van der Waals surface area contributed by atoms with Crippen molar-refractivity contribution in [3.05, 3.63) is 47.3 Å². The fourth-order valence-electron chi connectivity index (χ4n) is 3.88. The summed E-state index contributed by atoms with van der Waals surface area (Å²) in [5.74, 6) is 1.72. The summed E-state index contributed by atoms with van der Waals surface area (Å²) in [6.07, 6.45) is 15.4. The second kappa shape index (κ2) is 9.12. The van der Waals surface area contributed by atoms with Crippen LogP contribution in [0.15, 0.2) is 30.5 Å². The normalized spacial score (nSPS) is 16.6. The van der Waals surface area contributed by atoms with E-state index in [1.807, 2.05) is 0 Å². The van der Waals surface area contributed by atoms with Crippen molar-refractivity contribution >= 4 is 0 Å². The summed E-state index contributed by atoms with van der Waals surface area (Å²) in [6, 6.07) is 8.52. The first-order chi connectivity index (χ1) is 12.3. The van der Waals surface area contributed by atoms with Crippen LogP contribution in [0.3, 0.4) is 0 Å². The van der Waals surface area contributed by atoms with Gasteiger partial charge in [-0.1, -0.05) is 81.7 Å². The van der Waals surface area contributed by atoms with E-state index >= 15 is 0 Å². The molecule has 1 aromatic carbocycles. The topological polar surface area (TPSA) is 25.8 Å². The standard InChI is InChI=1S/C23H32N2/c1-3-4-5-6-7-8-9-19-12-15-22-21(16-19)17-24-23(25-22)20-13-10-18(2)11-14-20/h10-11,13-14,17,19H,3-9,12,15-16H2,1-2H3. The summed E-state index contributed by atoms with van der Waals surface area (Å²) >= 11 is 0. The largest absolute Gasteiger partial charge is 0.236 e. The van der Waals surface area contributed by atoms with Crippen LogP contribution in [-0.2, 0) is 12.8 Å². The fraction of sp³-hybridized carbons (Fsp3) is 0.565. The molecule has 0 aliphatic heterocycles. The molecule has 1 aliphatic carbocycles. The number of hydrogen-bond acceptors (Lipinski definition) is 2. The second-order valence-corrected chi connectivity index (χ2v) is 7.70. The Morgan fingerprint density at radius 3 is 2.56 bits per heavy atom. The third kappa shape index (κ3) is 5.14. The molecule has 2 heteroatoms. The van der Waals surface area contributed by atoms with Crippen LogP contribution >= 0.6 is 0 Å². The van der Waals surface area contributed by atoms with Crippen LogP contribution in [0, 0.1) is 12.8 Å². The first kappa shape index (κ1) is 18.1. The molecule has 3 rings (SSSR count). The fourth-order valence-corrected chi connectivity index (χ4v) is 3.88. The maximum absolute atomic E-state index is 4.87. The van der Waals surface area contributed by atoms with Gasteiger partial charge in [0, 0.05) is 17.5 Å². The van der Waals surface area contributed by atoms with Gasteiger partial charge in [-0.2, -0.15) is 0 Å². The van der Waals surface area contributed by atoms with Gasteiger partial charge in [0.15, 0.2) is 5.82 Å². The van der Waals surface area contributed by atoms with Crippen LogP contribution in [0.1, 0.15) is 75.1 Å². The van der Waals surface area contributed by atoms with Crippen molar-refractivity contribution in [2.75, 3.05) is 0 Å². The summed E-state index contributed by atoms with van der Waals surface area (Å²) < 4.78 is 0. The average Bonchev–Trinajstić information content (AvgIpc) is 2.65. The summed E-state index contributed by atoms with van der Waals surface area (Å²) in [5, 5.41) is 0. The molecule has 0 saturated heterocycles. The van der Waals surface area contributed by atoms with Crippen LogP contribution in [0.5, 0.6) is 0 Å². The zero-order valence-electron chi connectivity index (χ0n) is 15.9. The molecule has 0 spiro atoms. The maximum Gasteiger partial charge on any atom is 0.159 e. The molecule has 0 radical (unpaired) electrons. The van der Waals surface area contributed by atoms with E-state index in [0.717, 1.165) is 23.7 Å². The molecule has 0 saturated carbocycles. The molecule has 2 aromatic rings. The van der Waals surface area contributed by atoms with Gasteiger partial charge in [0.1, 0.15) is 0 Å². The van der Waals surface area contributed by atoms with Gasteiger partial charge in [0.25, 0.3) is 0 Å². The lowest BCUT2D eigenvalue weighted by molar-refractivity contribution is 0.400. The molecule has 0 bridgehead atoms. The van der Waals surface area contributed by atoms with Crippen molar-refractivity contribution < 1.29 is 0 Å². The van der Waals surface area contributed by atoms with Crippen molar-refractivity contribution in [3.63, 3.8) is 0 Å². The number of aryl methyl sites for hydroxylation is 2. The average molecular weight is 337 g/mol. The second-order valence-electron chi connectivity index (χ2n) is 7.70. The lowest BCUT2D eigenvalue weighted by Crippen LogP contribution is -2.16. The Morgan fingerprint density at radius 1 is 1.00 bits per heavy atom. The molecular formula is C23H32N2.